The van der Waals surface area contributed by atoms with Crippen LogP contribution in [0.1, 0.15) is 35.7 Å². The van der Waals surface area contributed by atoms with E-state index in [1.54, 1.807) is 19.2 Å². The van der Waals surface area contributed by atoms with E-state index in [0.717, 1.165) is 18.9 Å². The van der Waals surface area contributed by atoms with Gasteiger partial charge in [-0.1, -0.05) is 23.2 Å². The van der Waals surface area contributed by atoms with Gasteiger partial charge in [-0.15, -0.1) is 0 Å². The van der Waals surface area contributed by atoms with E-state index in [0.29, 0.717) is 11.6 Å². The van der Waals surface area contributed by atoms with Crippen molar-refractivity contribution in [1.82, 2.24) is 5.32 Å². The number of hydrogen-bond acceptors (Lipinski definition) is 3. The first-order valence-electron chi connectivity index (χ1n) is 6.00. The number of nitrogens with one attached hydrogen (secondary N) is 1. The number of hydrogen-bond donors (Lipinski definition) is 1. The molecule has 0 saturated heterocycles. The maximum absolute atomic E-state index is 13.6. The quantitative estimate of drug-likeness (QED) is 0.522. The summed E-state index contributed by atoms with van der Waals surface area (Å²) in [5, 5.41) is 11.5. The van der Waals surface area contributed by atoms with E-state index in [9.17, 15) is 9.18 Å². The molecule has 3 nitrogen and oxygen atoms in total. The van der Waals surface area contributed by atoms with Crippen LogP contribution in [-0.2, 0) is 0 Å². The molecule has 0 atom stereocenters. The van der Waals surface area contributed by atoms with Crippen LogP contribution in [-0.4, -0.2) is 11.8 Å². The molecule has 0 heterocycles. The van der Waals surface area contributed by atoms with Crippen molar-refractivity contribution in [2.24, 2.45) is 0 Å². The summed E-state index contributed by atoms with van der Waals surface area (Å²) in [6, 6.07) is 3.08. The zero-order valence-corrected chi connectivity index (χ0v) is 12.1. The van der Waals surface area contributed by atoms with Crippen LogP contribution in [0.3, 0.4) is 0 Å². The zero-order chi connectivity index (χ0) is 14.9. The minimum absolute atomic E-state index is 0.0588. The number of rotatable bonds is 4. The Morgan fingerprint density at radius 1 is 1.50 bits per heavy atom. The molecule has 0 aromatic heterocycles. The van der Waals surface area contributed by atoms with Crippen LogP contribution in [0.4, 0.5) is 4.39 Å². The second-order valence-corrected chi connectivity index (χ2v) is 5.37. The summed E-state index contributed by atoms with van der Waals surface area (Å²) in [6.07, 6.45) is 3.74. The number of allylic oxidation sites excluding steroid dienone is 1. The van der Waals surface area contributed by atoms with Crippen molar-refractivity contribution in [1.29, 1.82) is 5.26 Å². The normalized spacial score (nSPS) is 14.8. The number of ketones is 1. The lowest BCUT2D eigenvalue weighted by molar-refractivity contribution is 0.103. The van der Waals surface area contributed by atoms with E-state index >= 15 is 0 Å². The summed E-state index contributed by atoms with van der Waals surface area (Å²) < 4.78 is 13.6. The average molecular weight is 313 g/mol. The van der Waals surface area contributed by atoms with Crippen LogP contribution in [0.2, 0.25) is 10.0 Å². The Kier molecular flexibility index (Phi) is 4.32. The Balaban J connectivity index is 2.36. The first-order chi connectivity index (χ1) is 9.45. The van der Waals surface area contributed by atoms with Crippen LogP contribution >= 0.6 is 23.2 Å². The molecule has 1 saturated carbocycles. The molecule has 20 heavy (non-hydrogen) atoms. The van der Waals surface area contributed by atoms with Crippen molar-refractivity contribution in [2.45, 2.75) is 25.8 Å². The van der Waals surface area contributed by atoms with Crippen LogP contribution < -0.4 is 5.32 Å². The van der Waals surface area contributed by atoms with Gasteiger partial charge in [-0.05, 0) is 25.8 Å². The van der Waals surface area contributed by atoms with Gasteiger partial charge in [0.1, 0.15) is 11.9 Å². The first-order valence-corrected chi connectivity index (χ1v) is 6.76. The number of nitrogens with zero attached hydrogens (tertiary/aromatic N) is 1. The van der Waals surface area contributed by atoms with E-state index < -0.39 is 11.6 Å². The van der Waals surface area contributed by atoms with Gasteiger partial charge in [-0.25, -0.2) is 4.39 Å². The lowest BCUT2D eigenvalue weighted by atomic mass is 10.0. The maximum Gasteiger partial charge on any atom is 0.191 e. The Morgan fingerprint density at radius 3 is 2.70 bits per heavy atom. The van der Waals surface area contributed by atoms with E-state index in [1.165, 1.54) is 0 Å². The molecule has 0 unspecified atom stereocenters. The Morgan fingerprint density at radius 2 is 2.15 bits per heavy atom. The smallest absolute Gasteiger partial charge is 0.191 e. The molecular weight excluding hydrogens is 302 g/mol. The molecule has 104 valence electrons. The SMILES string of the molecule is C/C(=C\NC1CC1)C(=O)c1cc(F)c(Cl)c(C#N)c1Cl. The number of benzene rings is 1. The third-order valence-corrected chi connectivity index (χ3v) is 3.75. The largest absolute Gasteiger partial charge is 0.388 e. The number of Topliss-reactive ketones (excluding diaryl/α,β-unsaturated/α-hetero) is 1. The highest BCUT2D eigenvalue weighted by Crippen LogP contribution is 2.31. The maximum atomic E-state index is 13.6. The van der Waals surface area contributed by atoms with Crippen LogP contribution in [0.5, 0.6) is 0 Å². The summed E-state index contributed by atoms with van der Waals surface area (Å²) in [5.41, 5.74) is 0.112. The molecule has 1 aromatic carbocycles. The fourth-order valence-corrected chi connectivity index (χ4v) is 2.15. The fraction of sp³-hybridized carbons (Fsp3) is 0.286. The van der Waals surface area contributed by atoms with E-state index in [4.69, 9.17) is 28.5 Å². The Labute approximate surface area is 126 Å². The Hall–Kier alpha value is -1.57. The third-order valence-electron chi connectivity index (χ3n) is 2.98. The van der Waals surface area contributed by atoms with Crippen LogP contribution in [0, 0.1) is 17.1 Å². The van der Waals surface area contributed by atoms with Gasteiger partial charge >= 0.3 is 0 Å². The highest BCUT2D eigenvalue weighted by molar-refractivity contribution is 6.39. The molecule has 0 aliphatic heterocycles. The highest BCUT2D eigenvalue weighted by atomic mass is 35.5. The summed E-state index contributed by atoms with van der Waals surface area (Å²) in [7, 11) is 0. The van der Waals surface area contributed by atoms with Crippen molar-refractivity contribution >= 4 is 29.0 Å². The molecule has 1 aromatic rings. The predicted octanol–water partition coefficient (Wildman–Crippen LogP) is 3.84. The van der Waals surface area contributed by atoms with Gasteiger partial charge in [0, 0.05) is 23.4 Å². The highest BCUT2D eigenvalue weighted by Gasteiger charge is 2.22. The van der Waals surface area contributed by atoms with Crippen molar-refractivity contribution in [2.75, 3.05) is 0 Å². The van der Waals surface area contributed by atoms with Gasteiger partial charge < -0.3 is 5.32 Å². The molecule has 0 radical (unpaired) electrons. The second-order valence-electron chi connectivity index (χ2n) is 4.62. The Bertz CT molecular complexity index is 646. The number of halogens is 3. The van der Waals surface area contributed by atoms with Gasteiger partial charge in [0.05, 0.1) is 15.6 Å². The first kappa shape index (κ1) is 14.8. The number of nitriles is 1. The van der Waals surface area contributed by atoms with Gasteiger partial charge in [0.2, 0.25) is 0 Å². The zero-order valence-electron chi connectivity index (χ0n) is 10.6. The topological polar surface area (TPSA) is 52.9 Å². The molecule has 1 fully saturated rings. The molecule has 0 bridgehead atoms. The lowest BCUT2D eigenvalue weighted by Gasteiger charge is -2.08. The second kappa shape index (κ2) is 5.82. The number of carbonyl (C=O) groups is 1. The van der Waals surface area contributed by atoms with Crippen LogP contribution in [0.15, 0.2) is 17.8 Å². The molecule has 1 aliphatic carbocycles. The van der Waals surface area contributed by atoms with Gasteiger partial charge in [0.25, 0.3) is 0 Å². The van der Waals surface area contributed by atoms with Crippen molar-refractivity contribution < 1.29 is 9.18 Å². The molecule has 1 aliphatic rings. The van der Waals surface area contributed by atoms with Crippen LogP contribution in [0.25, 0.3) is 0 Å². The van der Waals surface area contributed by atoms with E-state index in [1.807, 2.05) is 0 Å². The van der Waals surface area contributed by atoms with Gasteiger partial charge in [-0.2, -0.15) is 5.26 Å². The summed E-state index contributed by atoms with van der Waals surface area (Å²) >= 11 is 11.6. The van der Waals surface area contributed by atoms with Gasteiger partial charge in [0.15, 0.2) is 5.78 Å². The van der Waals surface area contributed by atoms with E-state index in [-0.39, 0.29) is 21.2 Å². The molecule has 0 spiro atoms. The average Bonchev–Trinajstić information content (AvgIpc) is 3.24. The fourth-order valence-electron chi connectivity index (χ4n) is 1.64. The molecule has 6 heteroatoms. The third kappa shape index (κ3) is 2.95. The summed E-state index contributed by atoms with van der Waals surface area (Å²) in [6.45, 7) is 1.60. The molecular formula is C14H11Cl2FN2O. The molecule has 1 N–H and O–H groups in total. The molecule has 2 rings (SSSR count). The lowest BCUT2D eigenvalue weighted by Crippen LogP contribution is -2.12. The van der Waals surface area contributed by atoms with Crippen molar-refractivity contribution in [3.05, 3.63) is 44.8 Å². The standard InChI is InChI=1S/C14H11Cl2FN2O/c1-7(6-19-8-2-3-8)14(20)9-4-11(17)13(16)10(5-18)12(9)15/h4,6,8,19H,2-3H2,1H3/b7-6+. The predicted molar refractivity (Wildman–Crippen MR) is 75.4 cm³/mol. The van der Waals surface area contributed by atoms with Crippen molar-refractivity contribution in [3.63, 3.8) is 0 Å². The summed E-state index contributed by atoms with van der Waals surface area (Å²) in [5.74, 6) is -1.27. The minimum atomic E-state index is -0.834. The van der Waals surface area contributed by atoms with Crippen molar-refractivity contribution in [3.8, 4) is 6.07 Å². The molecule has 0 amide bonds. The monoisotopic (exact) mass is 312 g/mol. The number of carbonyl (C=O) groups excluding carboxylic acids is 1. The van der Waals surface area contributed by atoms with E-state index in [2.05, 4.69) is 5.32 Å². The minimum Gasteiger partial charge on any atom is -0.388 e. The van der Waals surface area contributed by atoms with Gasteiger partial charge in [-0.3, -0.25) is 4.79 Å². The summed E-state index contributed by atoms with van der Waals surface area (Å²) in [4.78, 5) is 12.2.